The molecule has 84 valence electrons. The second-order valence-corrected chi connectivity index (χ2v) is 3.86. The first-order chi connectivity index (χ1) is 7.88. The molecule has 0 atom stereocenters. The molecule has 16 heavy (non-hydrogen) atoms. The highest BCUT2D eigenvalue weighted by molar-refractivity contribution is 5.26. The summed E-state index contributed by atoms with van der Waals surface area (Å²) in [6.45, 7) is 2.37. The average Bonchev–Trinajstić information content (AvgIpc) is 2.38. The molecular formula is C12H14N2O2. The van der Waals surface area contributed by atoms with Crippen molar-refractivity contribution in [2.45, 2.75) is 12.8 Å². The van der Waals surface area contributed by atoms with E-state index in [9.17, 15) is 0 Å². The molecule has 1 aliphatic heterocycles. The fraction of sp³-hybridized carbons (Fsp3) is 0.500. The Bertz CT molecular complexity index is 364. The van der Waals surface area contributed by atoms with E-state index in [1.54, 1.807) is 18.3 Å². The van der Waals surface area contributed by atoms with Crippen molar-refractivity contribution < 1.29 is 9.47 Å². The quantitative estimate of drug-likeness (QED) is 0.775. The minimum Gasteiger partial charge on any atom is -0.492 e. The molecule has 1 aromatic heterocycles. The fourth-order valence-corrected chi connectivity index (χ4v) is 1.66. The molecule has 0 saturated carbocycles. The lowest BCUT2D eigenvalue weighted by Gasteiger charge is -2.21. The van der Waals surface area contributed by atoms with Gasteiger partial charge in [-0.25, -0.2) is 4.98 Å². The van der Waals surface area contributed by atoms with Crippen LogP contribution < -0.4 is 4.74 Å². The van der Waals surface area contributed by atoms with Crippen LogP contribution in [-0.2, 0) is 4.74 Å². The first-order valence-electron chi connectivity index (χ1n) is 5.45. The largest absolute Gasteiger partial charge is 0.492 e. The molecule has 1 aromatic rings. The number of nitrogens with zero attached hydrogens (tertiary/aromatic N) is 2. The van der Waals surface area contributed by atoms with E-state index < -0.39 is 0 Å². The maximum absolute atomic E-state index is 8.60. The molecule has 2 rings (SSSR count). The highest BCUT2D eigenvalue weighted by Gasteiger charge is 2.14. The normalized spacial score (nSPS) is 16.7. The molecule has 4 heteroatoms. The standard InChI is InChI=1S/C12H14N2O2/c13-7-11-1-2-12(8-14-11)16-9-10-3-5-15-6-4-10/h1-2,8,10H,3-6,9H2. The molecule has 0 aromatic carbocycles. The second kappa shape index (κ2) is 5.47. The summed E-state index contributed by atoms with van der Waals surface area (Å²) in [5.41, 5.74) is 0.415. The Kier molecular flexibility index (Phi) is 3.73. The zero-order chi connectivity index (χ0) is 11.2. The van der Waals surface area contributed by atoms with E-state index in [2.05, 4.69) is 4.98 Å². The van der Waals surface area contributed by atoms with E-state index in [0.717, 1.165) is 31.8 Å². The molecule has 0 aliphatic carbocycles. The Morgan fingerprint density at radius 3 is 2.88 bits per heavy atom. The van der Waals surface area contributed by atoms with Crippen molar-refractivity contribution in [3.8, 4) is 11.8 Å². The van der Waals surface area contributed by atoms with Crippen LogP contribution in [0.1, 0.15) is 18.5 Å². The van der Waals surface area contributed by atoms with Crippen LogP contribution in [0.2, 0.25) is 0 Å². The van der Waals surface area contributed by atoms with Gasteiger partial charge in [0.05, 0.1) is 12.8 Å². The fourth-order valence-electron chi connectivity index (χ4n) is 1.66. The van der Waals surface area contributed by atoms with Gasteiger partial charge >= 0.3 is 0 Å². The van der Waals surface area contributed by atoms with Crippen molar-refractivity contribution in [1.82, 2.24) is 4.98 Å². The van der Waals surface area contributed by atoms with Crippen molar-refractivity contribution in [2.24, 2.45) is 5.92 Å². The minimum atomic E-state index is 0.415. The van der Waals surface area contributed by atoms with Gasteiger partial charge in [-0.15, -0.1) is 0 Å². The first-order valence-corrected chi connectivity index (χ1v) is 5.45. The van der Waals surface area contributed by atoms with Gasteiger partial charge in [-0.05, 0) is 30.9 Å². The van der Waals surface area contributed by atoms with E-state index >= 15 is 0 Å². The monoisotopic (exact) mass is 218 g/mol. The Morgan fingerprint density at radius 2 is 2.25 bits per heavy atom. The molecule has 0 spiro atoms. The predicted molar refractivity (Wildman–Crippen MR) is 58.0 cm³/mol. The SMILES string of the molecule is N#Cc1ccc(OCC2CCOCC2)cn1. The summed E-state index contributed by atoms with van der Waals surface area (Å²) < 4.78 is 10.9. The molecule has 0 radical (unpaired) electrons. The van der Waals surface area contributed by atoms with Crippen LogP contribution in [0.25, 0.3) is 0 Å². The third-order valence-electron chi connectivity index (χ3n) is 2.68. The predicted octanol–water partition coefficient (Wildman–Crippen LogP) is 1.76. The summed E-state index contributed by atoms with van der Waals surface area (Å²) in [5.74, 6) is 1.30. The second-order valence-electron chi connectivity index (χ2n) is 3.86. The van der Waals surface area contributed by atoms with Crippen LogP contribution in [0, 0.1) is 17.2 Å². The van der Waals surface area contributed by atoms with Gasteiger partial charge in [0.1, 0.15) is 17.5 Å². The van der Waals surface area contributed by atoms with Gasteiger partial charge in [0.25, 0.3) is 0 Å². The van der Waals surface area contributed by atoms with Crippen LogP contribution in [0.3, 0.4) is 0 Å². The number of ether oxygens (including phenoxy) is 2. The smallest absolute Gasteiger partial charge is 0.140 e. The first kappa shape index (κ1) is 10.9. The van der Waals surface area contributed by atoms with Crippen LogP contribution in [-0.4, -0.2) is 24.8 Å². The molecule has 1 aliphatic rings. The molecule has 2 heterocycles. The maximum Gasteiger partial charge on any atom is 0.140 e. The lowest BCUT2D eigenvalue weighted by Crippen LogP contribution is -2.21. The Morgan fingerprint density at radius 1 is 1.44 bits per heavy atom. The molecule has 0 N–H and O–H groups in total. The zero-order valence-electron chi connectivity index (χ0n) is 9.06. The highest BCUT2D eigenvalue weighted by Crippen LogP contribution is 2.17. The van der Waals surface area contributed by atoms with Crippen molar-refractivity contribution in [1.29, 1.82) is 5.26 Å². The van der Waals surface area contributed by atoms with Gasteiger partial charge in [-0.1, -0.05) is 0 Å². The molecule has 0 bridgehead atoms. The van der Waals surface area contributed by atoms with Crippen molar-refractivity contribution >= 4 is 0 Å². The molecule has 4 nitrogen and oxygen atoms in total. The summed E-state index contributed by atoms with van der Waals surface area (Å²) >= 11 is 0. The molecule has 1 fully saturated rings. The number of hydrogen-bond acceptors (Lipinski definition) is 4. The van der Waals surface area contributed by atoms with Crippen LogP contribution in [0.5, 0.6) is 5.75 Å². The van der Waals surface area contributed by atoms with Crippen molar-refractivity contribution in [3.63, 3.8) is 0 Å². The van der Waals surface area contributed by atoms with Gasteiger partial charge in [0.2, 0.25) is 0 Å². The Balaban J connectivity index is 1.82. The molecular weight excluding hydrogens is 204 g/mol. The lowest BCUT2D eigenvalue weighted by atomic mass is 10.0. The number of hydrogen-bond donors (Lipinski definition) is 0. The number of rotatable bonds is 3. The summed E-state index contributed by atoms with van der Waals surface area (Å²) in [6.07, 6.45) is 3.71. The third-order valence-corrected chi connectivity index (χ3v) is 2.68. The third kappa shape index (κ3) is 2.94. The number of nitriles is 1. The van der Waals surface area contributed by atoms with Gasteiger partial charge in [-0.3, -0.25) is 0 Å². The number of pyridine rings is 1. The summed E-state index contributed by atoms with van der Waals surface area (Å²) in [7, 11) is 0. The van der Waals surface area contributed by atoms with Crippen LogP contribution in [0.4, 0.5) is 0 Å². The van der Waals surface area contributed by atoms with Gasteiger partial charge in [0.15, 0.2) is 0 Å². The van der Waals surface area contributed by atoms with E-state index in [-0.39, 0.29) is 0 Å². The molecule has 0 amide bonds. The Labute approximate surface area is 94.8 Å². The lowest BCUT2D eigenvalue weighted by molar-refractivity contribution is 0.0497. The minimum absolute atomic E-state index is 0.415. The molecule has 1 saturated heterocycles. The summed E-state index contributed by atoms with van der Waals surface area (Å²) in [6, 6.07) is 5.43. The summed E-state index contributed by atoms with van der Waals surface area (Å²) in [4.78, 5) is 3.95. The average molecular weight is 218 g/mol. The van der Waals surface area contributed by atoms with E-state index in [1.165, 1.54) is 0 Å². The molecule has 0 unspecified atom stereocenters. The van der Waals surface area contributed by atoms with Crippen LogP contribution in [0.15, 0.2) is 18.3 Å². The van der Waals surface area contributed by atoms with Crippen molar-refractivity contribution in [3.05, 3.63) is 24.0 Å². The highest BCUT2D eigenvalue weighted by atomic mass is 16.5. The summed E-state index contributed by atoms with van der Waals surface area (Å²) in [5, 5.41) is 8.60. The van der Waals surface area contributed by atoms with E-state index in [1.807, 2.05) is 6.07 Å². The van der Waals surface area contributed by atoms with E-state index in [0.29, 0.717) is 18.2 Å². The van der Waals surface area contributed by atoms with Gasteiger partial charge < -0.3 is 9.47 Å². The van der Waals surface area contributed by atoms with Gasteiger partial charge in [0, 0.05) is 13.2 Å². The Hall–Kier alpha value is -1.60. The maximum atomic E-state index is 8.60. The number of aromatic nitrogens is 1. The topological polar surface area (TPSA) is 55.1 Å². The van der Waals surface area contributed by atoms with Gasteiger partial charge in [-0.2, -0.15) is 5.26 Å². The van der Waals surface area contributed by atoms with Crippen LogP contribution >= 0.6 is 0 Å². The van der Waals surface area contributed by atoms with Crippen molar-refractivity contribution in [2.75, 3.05) is 19.8 Å². The van der Waals surface area contributed by atoms with E-state index in [4.69, 9.17) is 14.7 Å². The zero-order valence-corrected chi connectivity index (χ0v) is 9.06.